The number of imide groups is 1. The standard InChI is InChI=1S/C26H26F2N4O6/c27-24(28)38-18-5-2-16(3-6-18)26(10-1-11-37-14-26)31-25(36)29-17-4-7-19-15(12-17)13-32(23(19)35)20-8-9-21(33)30-22(20)34/h2-7,12,20,24H,1,8-11,13-14H2,(H2,29,31,36)(H,30,33,34). The normalized spacial score (nSPS) is 23.2. The van der Waals surface area contributed by atoms with Gasteiger partial charge in [0.1, 0.15) is 11.8 Å². The molecule has 200 valence electrons. The van der Waals surface area contributed by atoms with Gasteiger partial charge in [-0.2, -0.15) is 8.78 Å². The van der Waals surface area contributed by atoms with Crippen LogP contribution in [-0.2, 0) is 26.4 Å². The lowest BCUT2D eigenvalue weighted by atomic mass is 9.84. The molecule has 3 aliphatic heterocycles. The highest BCUT2D eigenvalue weighted by molar-refractivity contribution is 6.05. The molecule has 0 bridgehead atoms. The molecule has 3 aliphatic rings. The number of carbonyl (C=O) groups is 4. The van der Waals surface area contributed by atoms with Crippen LogP contribution in [0.1, 0.15) is 47.2 Å². The van der Waals surface area contributed by atoms with E-state index in [4.69, 9.17) is 4.74 Å². The number of halogens is 2. The molecule has 2 unspecified atom stereocenters. The van der Waals surface area contributed by atoms with Crippen LogP contribution in [0.3, 0.4) is 0 Å². The predicted molar refractivity (Wildman–Crippen MR) is 129 cm³/mol. The minimum absolute atomic E-state index is 0.0131. The molecule has 3 heterocycles. The third-order valence-corrected chi connectivity index (χ3v) is 7.01. The molecule has 12 heteroatoms. The Balaban J connectivity index is 1.28. The second-order valence-electron chi connectivity index (χ2n) is 9.49. The van der Waals surface area contributed by atoms with Crippen molar-refractivity contribution in [3.05, 3.63) is 59.2 Å². The number of fused-ring (bicyclic) bond motifs is 1. The molecule has 2 aromatic carbocycles. The van der Waals surface area contributed by atoms with E-state index in [1.54, 1.807) is 30.3 Å². The van der Waals surface area contributed by atoms with E-state index in [1.807, 2.05) is 0 Å². The molecule has 0 aromatic heterocycles. The number of hydrogen-bond acceptors (Lipinski definition) is 6. The van der Waals surface area contributed by atoms with Crippen LogP contribution >= 0.6 is 0 Å². The number of amides is 5. The molecule has 0 saturated carbocycles. The maximum absolute atomic E-state index is 13.1. The lowest BCUT2D eigenvalue weighted by Gasteiger charge is -2.38. The first-order valence-electron chi connectivity index (χ1n) is 12.2. The lowest BCUT2D eigenvalue weighted by molar-refractivity contribution is -0.136. The molecule has 5 amide bonds. The van der Waals surface area contributed by atoms with Gasteiger partial charge in [-0.05, 0) is 60.7 Å². The summed E-state index contributed by atoms with van der Waals surface area (Å²) in [6.45, 7) is -2.01. The van der Waals surface area contributed by atoms with E-state index < -0.39 is 30.1 Å². The van der Waals surface area contributed by atoms with Crippen molar-refractivity contribution >= 4 is 29.4 Å². The molecule has 2 fully saturated rings. The topological polar surface area (TPSA) is 126 Å². The van der Waals surface area contributed by atoms with Crippen LogP contribution in [0.15, 0.2) is 42.5 Å². The predicted octanol–water partition coefficient (Wildman–Crippen LogP) is 2.88. The number of nitrogens with one attached hydrogen (secondary N) is 3. The van der Waals surface area contributed by atoms with Gasteiger partial charge < -0.3 is 25.0 Å². The maximum Gasteiger partial charge on any atom is 0.387 e. The molecule has 5 rings (SSSR count). The first kappa shape index (κ1) is 25.6. The molecule has 10 nitrogen and oxygen atoms in total. The largest absolute Gasteiger partial charge is 0.435 e. The van der Waals surface area contributed by atoms with Crippen molar-refractivity contribution in [2.75, 3.05) is 18.5 Å². The Kier molecular flexibility index (Phi) is 6.98. The number of anilines is 1. The second-order valence-corrected chi connectivity index (χ2v) is 9.49. The Morgan fingerprint density at radius 3 is 2.63 bits per heavy atom. The number of urea groups is 1. The monoisotopic (exact) mass is 528 g/mol. The summed E-state index contributed by atoms with van der Waals surface area (Å²) in [7, 11) is 0. The van der Waals surface area contributed by atoms with E-state index in [0.29, 0.717) is 41.8 Å². The Morgan fingerprint density at radius 2 is 1.95 bits per heavy atom. The minimum atomic E-state index is -2.93. The van der Waals surface area contributed by atoms with Crippen LogP contribution in [0.25, 0.3) is 0 Å². The van der Waals surface area contributed by atoms with Gasteiger partial charge in [-0.15, -0.1) is 0 Å². The van der Waals surface area contributed by atoms with E-state index in [0.717, 1.165) is 0 Å². The van der Waals surface area contributed by atoms with Crippen LogP contribution in [0, 0.1) is 0 Å². The fourth-order valence-corrected chi connectivity index (χ4v) is 5.18. The molecule has 2 saturated heterocycles. The first-order valence-corrected chi connectivity index (χ1v) is 12.2. The summed E-state index contributed by atoms with van der Waals surface area (Å²) in [5.74, 6) is -1.14. The smallest absolute Gasteiger partial charge is 0.387 e. The van der Waals surface area contributed by atoms with E-state index in [-0.39, 0.29) is 43.6 Å². The minimum Gasteiger partial charge on any atom is -0.435 e. The van der Waals surface area contributed by atoms with Crippen molar-refractivity contribution in [3.63, 3.8) is 0 Å². The molecule has 0 spiro atoms. The van der Waals surface area contributed by atoms with Gasteiger partial charge in [-0.1, -0.05) is 12.1 Å². The van der Waals surface area contributed by atoms with Gasteiger partial charge in [0.05, 0.1) is 12.1 Å². The van der Waals surface area contributed by atoms with Crippen molar-refractivity contribution in [1.29, 1.82) is 0 Å². The molecule has 0 radical (unpaired) electrons. The number of carbonyl (C=O) groups excluding carboxylic acids is 4. The van der Waals surface area contributed by atoms with Crippen molar-refractivity contribution < 1.29 is 37.4 Å². The highest BCUT2D eigenvalue weighted by Crippen LogP contribution is 2.33. The second kappa shape index (κ2) is 10.4. The fourth-order valence-electron chi connectivity index (χ4n) is 5.18. The van der Waals surface area contributed by atoms with Crippen molar-refractivity contribution in [2.24, 2.45) is 0 Å². The van der Waals surface area contributed by atoms with Crippen LogP contribution in [-0.4, -0.2) is 54.5 Å². The van der Waals surface area contributed by atoms with Crippen molar-refractivity contribution in [1.82, 2.24) is 15.5 Å². The first-order chi connectivity index (χ1) is 18.2. The average molecular weight is 529 g/mol. The molecular formula is C26H26F2N4O6. The van der Waals surface area contributed by atoms with Gasteiger partial charge in [-0.3, -0.25) is 19.7 Å². The van der Waals surface area contributed by atoms with Crippen molar-refractivity contribution in [3.8, 4) is 5.75 Å². The SMILES string of the molecule is O=C1CCC(N2Cc3cc(NC(=O)NC4(c5ccc(OC(F)F)cc5)CCCOC4)ccc3C2=O)C(=O)N1. The van der Waals surface area contributed by atoms with Gasteiger partial charge in [0.25, 0.3) is 5.91 Å². The zero-order valence-electron chi connectivity index (χ0n) is 20.3. The quantitative estimate of drug-likeness (QED) is 0.495. The number of benzene rings is 2. The summed E-state index contributed by atoms with van der Waals surface area (Å²) in [5, 5.41) is 8.04. The number of hydrogen-bond donors (Lipinski definition) is 3. The number of alkyl halides is 2. The number of nitrogens with zero attached hydrogens (tertiary/aromatic N) is 1. The number of ether oxygens (including phenoxy) is 2. The average Bonchev–Trinajstić information content (AvgIpc) is 3.20. The molecule has 0 aliphatic carbocycles. The fraction of sp³-hybridized carbons (Fsp3) is 0.385. The Labute approximate surface area is 216 Å². The molecule has 2 aromatic rings. The summed E-state index contributed by atoms with van der Waals surface area (Å²) >= 11 is 0. The summed E-state index contributed by atoms with van der Waals surface area (Å²) in [6.07, 6.45) is 1.69. The lowest BCUT2D eigenvalue weighted by Crippen LogP contribution is -2.52. The maximum atomic E-state index is 13.1. The Morgan fingerprint density at radius 1 is 1.16 bits per heavy atom. The highest BCUT2D eigenvalue weighted by Gasteiger charge is 2.40. The van der Waals surface area contributed by atoms with Crippen LogP contribution in [0.2, 0.25) is 0 Å². The number of rotatable bonds is 6. The summed E-state index contributed by atoms with van der Waals surface area (Å²) in [5.41, 5.74) is 1.35. The molecule has 3 N–H and O–H groups in total. The molecule has 2 atom stereocenters. The zero-order valence-corrected chi connectivity index (χ0v) is 20.3. The third kappa shape index (κ3) is 5.17. The summed E-state index contributed by atoms with van der Waals surface area (Å²) in [6, 6.07) is 9.73. The van der Waals surface area contributed by atoms with Crippen LogP contribution in [0.4, 0.5) is 19.3 Å². The van der Waals surface area contributed by atoms with Crippen LogP contribution in [0.5, 0.6) is 5.75 Å². The van der Waals surface area contributed by atoms with E-state index in [1.165, 1.54) is 17.0 Å². The summed E-state index contributed by atoms with van der Waals surface area (Å²) in [4.78, 5) is 51.1. The van der Waals surface area contributed by atoms with Crippen molar-refractivity contribution in [2.45, 2.75) is 50.4 Å². The van der Waals surface area contributed by atoms with E-state index in [2.05, 4.69) is 20.7 Å². The Hall–Kier alpha value is -4.06. The van der Waals surface area contributed by atoms with Gasteiger partial charge >= 0.3 is 12.6 Å². The summed E-state index contributed by atoms with van der Waals surface area (Å²) < 4.78 is 35.1. The Bertz CT molecular complexity index is 1260. The number of piperidine rings is 1. The van der Waals surface area contributed by atoms with E-state index >= 15 is 0 Å². The van der Waals surface area contributed by atoms with E-state index in [9.17, 15) is 28.0 Å². The highest BCUT2D eigenvalue weighted by atomic mass is 19.3. The van der Waals surface area contributed by atoms with Gasteiger partial charge in [0.2, 0.25) is 11.8 Å². The van der Waals surface area contributed by atoms with Gasteiger partial charge in [0.15, 0.2) is 0 Å². The third-order valence-electron chi connectivity index (χ3n) is 7.01. The zero-order chi connectivity index (χ0) is 26.9. The van der Waals surface area contributed by atoms with Gasteiger partial charge in [-0.25, -0.2) is 4.79 Å². The molecular weight excluding hydrogens is 502 g/mol. The van der Waals surface area contributed by atoms with Crippen LogP contribution < -0.4 is 20.7 Å². The molecule has 38 heavy (non-hydrogen) atoms. The van der Waals surface area contributed by atoms with Gasteiger partial charge in [0, 0.05) is 30.8 Å².